The Bertz CT molecular complexity index is 907. The highest BCUT2D eigenvalue weighted by molar-refractivity contribution is 5.59. The number of halogens is 3. The molecular formula is C18H11F3N2O. The van der Waals surface area contributed by atoms with E-state index in [1.807, 2.05) is 6.07 Å². The van der Waals surface area contributed by atoms with Gasteiger partial charge in [0.15, 0.2) is 11.7 Å². The molecule has 2 aromatic carbocycles. The van der Waals surface area contributed by atoms with E-state index in [0.29, 0.717) is 28.3 Å². The Morgan fingerprint density at radius 2 is 1.88 bits per heavy atom. The number of hydrogen-bond acceptors (Lipinski definition) is 3. The van der Waals surface area contributed by atoms with Crippen LogP contribution in [0.5, 0.6) is 0 Å². The van der Waals surface area contributed by atoms with E-state index in [4.69, 9.17) is 9.68 Å². The molecule has 0 unspecified atom stereocenters. The second kappa shape index (κ2) is 6.20. The van der Waals surface area contributed by atoms with Crippen molar-refractivity contribution in [2.24, 2.45) is 0 Å². The van der Waals surface area contributed by atoms with E-state index in [2.05, 4.69) is 4.98 Å². The minimum absolute atomic E-state index is 0.155. The Hall–Kier alpha value is -3.07. The third-order valence-corrected chi connectivity index (χ3v) is 3.44. The summed E-state index contributed by atoms with van der Waals surface area (Å²) in [5.74, 6) is 0.778. The predicted molar refractivity (Wildman–Crippen MR) is 80.9 cm³/mol. The maximum Gasteiger partial charge on any atom is 0.416 e. The molecule has 3 rings (SSSR count). The molecule has 3 nitrogen and oxygen atoms in total. The molecule has 0 radical (unpaired) electrons. The summed E-state index contributed by atoms with van der Waals surface area (Å²) in [5, 5.41) is 8.91. The number of nitrogens with zero attached hydrogens (tertiary/aromatic N) is 2. The second-order valence-corrected chi connectivity index (χ2v) is 5.19. The van der Waals surface area contributed by atoms with Crippen LogP contribution in [0.25, 0.3) is 11.3 Å². The lowest BCUT2D eigenvalue weighted by molar-refractivity contribution is -0.137. The molecule has 24 heavy (non-hydrogen) atoms. The van der Waals surface area contributed by atoms with Gasteiger partial charge in [-0.2, -0.15) is 18.4 Å². The van der Waals surface area contributed by atoms with Gasteiger partial charge in [-0.1, -0.05) is 30.3 Å². The van der Waals surface area contributed by atoms with Crippen LogP contribution in [-0.4, -0.2) is 4.98 Å². The second-order valence-electron chi connectivity index (χ2n) is 5.19. The quantitative estimate of drug-likeness (QED) is 0.692. The Morgan fingerprint density at radius 1 is 1.08 bits per heavy atom. The van der Waals surface area contributed by atoms with Crippen molar-refractivity contribution in [1.82, 2.24) is 4.98 Å². The van der Waals surface area contributed by atoms with E-state index in [0.717, 1.165) is 12.1 Å². The summed E-state index contributed by atoms with van der Waals surface area (Å²) in [5.41, 5.74) is 0.942. The first-order valence-corrected chi connectivity index (χ1v) is 7.07. The fraction of sp³-hybridized carbons (Fsp3) is 0.111. The van der Waals surface area contributed by atoms with Crippen LogP contribution in [0, 0.1) is 11.3 Å². The van der Waals surface area contributed by atoms with Gasteiger partial charge in [0.1, 0.15) is 0 Å². The van der Waals surface area contributed by atoms with Crippen molar-refractivity contribution in [3.05, 3.63) is 77.3 Å². The molecule has 1 aromatic heterocycles. The summed E-state index contributed by atoms with van der Waals surface area (Å²) in [6, 6.07) is 13.9. The van der Waals surface area contributed by atoms with Gasteiger partial charge in [-0.05, 0) is 23.8 Å². The van der Waals surface area contributed by atoms with E-state index in [1.165, 1.54) is 12.3 Å². The topological polar surface area (TPSA) is 49.8 Å². The number of nitriles is 1. The molecule has 0 saturated heterocycles. The Labute approximate surface area is 136 Å². The molecule has 0 fully saturated rings. The standard InChI is InChI=1S/C18H11F3N2O/c19-18(20,21)15-6-2-3-12(8-15)9-17-23-11-16(24-17)14-5-1-4-13(7-14)10-22/h1-8,11H,9H2. The first-order valence-electron chi connectivity index (χ1n) is 7.07. The molecule has 0 saturated carbocycles. The van der Waals surface area contributed by atoms with Crippen LogP contribution < -0.4 is 0 Å². The minimum Gasteiger partial charge on any atom is -0.440 e. The van der Waals surface area contributed by atoms with Crippen LogP contribution in [0.15, 0.2) is 59.1 Å². The molecule has 6 heteroatoms. The molecule has 1 heterocycles. The Kier molecular flexibility index (Phi) is 4.09. The smallest absolute Gasteiger partial charge is 0.416 e. The van der Waals surface area contributed by atoms with Gasteiger partial charge in [-0.3, -0.25) is 0 Å². The fourth-order valence-corrected chi connectivity index (χ4v) is 2.30. The molecule has 0 spiro atoms. The van der Waals surface area contributed by atoms with Gasteiger partial charge in [0.2, 0.25) is 0 Å². The summed E-state index contributed by atoms with van der Waals surface area (Å²) < 4.78 is 43.8. The monoisotopic (exact) mass is 328 g/mol. The van der Waals surface area contributed by atoms with Crippen molar-refractivity contribution >= 4 is 0 Å². The Balaban J connectivity index is 1.83. The van der Waals surface area contributed by atoms with Crippen LogP contribution in [0.2, 0.25) is 0 Å². The molecule has 120 valence electrons. The first-order chi connectivity index (χ1) is 11.5. The number of hydrogen-bond donors (Lipinski definition) is 0. The number of oxazole rings is 1. The molecule has 0 aliphatic carbocycles. The average molecular weight is 328 g/mol. The molecule has 0 N–H and O–H groups in total. The first kappa shape index (κ1) is 15.8. The van der Waals surface area contributed by atoms with E-state index < -0.39 is 11.7 Å². The normalized spacial score (nSPS) is 11.2. The zero-order valence-corrected chi connectivity index (χ0v) is 12.3. The molecule has 0 atom stereocenters. The van der Waals surface area contributed by atoms with Crippen molar-refractivity contribution in [2.75, 3.05) is 0 Å². The summed E-state index contributed by atoms with van der Waals surface area (Å²) in [7, 11) is 0. The summed E-state index contributed by atoms with van der Waals surface area (Å²) in [6.45, 7) is 0. The molecule has 0 aliphatic heterocycles. The van der Waals surface area contributed by atoms with Gasteiger partial charge >= 0.3 is 6.18 Å². The highest BCUT2D eigenvalue weighted by Gasteiger charge is 2.30. The van der Waals surface area contributed by atoms with Gasteiger partial charge in [0.05, 0.1) is 23.4 Å². The SMILES string of the molecule is N#Cc1cccc(-c2cnc(Cc3cccc(C(F)(F)F)c3)o2)c1. The van der Waals surface area contributed by atoms with Crippen molar-refractivity contribution in [3.63, 3.8) is 0 Å². The van der Waals surface area contributed by atoms with Gasteiger partial charge in [-0.25, -0.2) is 4.98 Å². The number of alkyl halides is 3. The van der Waals surface area contributed by atoms with Crippen LogP contribution in [0.3, 0.4) is 0 Å². The average Bonchev–Trinajstić information content (AvgIpc) is 3.03. The van der Waals surface area contributed by atoms with Crippen molar-refractivity contribution in [2.45, 2.75) is 12.6 Å². The number of aromatic nitrogens is 1. The lowest BCUT2D eigenvalue weighted by Crippen LogP contribution is -2.05. The van der Waals surface area contributed by atoms with E-state index in [-0.39, 0.29) is 6.42 Å². The maximum atomic E-state index is 12.7. The summed E-state index contributed by atoms with van der Waals surface area (Å²) in [6.07, 6.45) is -2.73. The zero-order chi connectivity index (χ0) is 17.2. The Morgan fingerprint density at radius 3 is 2.62 bits per heavy atom. The molecule has 0 bridgehead atoms. The van der Waals surface area contributed by atoms with Gasteiger partial charge < -0.3 is 4.42 Å². The molecule has 0 amide bonds. The van der Waals surface area contributed by atoms with E-state index >= 15 is 0 Å². The van der Waals surface area contributed by atoms with Crippen LogP contribution in [-0.2, 0) is 12.6 Å². The zero-order valence-electron chi connectivity index (χ0n) is 12.3. The molecule has 0 aliphatic rings. The van der Waals surface area contributed by atoms with Crippen molar-refractivity contribution in [3.8, 4) is 17.4 Å². The molecule has 3 aromatic rings. The maximum absolute atomic E-state index is 12.7. The summed E-state index contributed by atoms with van der Waals surface area (Å²) >= 11 is 0. The number of rotatable bonds is 3. The van der Waals surface area contributed by atoms with Gasteiger partial charge in [-0.15, -0.1) is 0 Å². The van der Waals surface area contributed by atoms with E-state index in [1.54, 1.807) is 30.3 Å². The number of benzene rings is 2. The van der Waals surface area contributed by atoms with Crippen molar-refractivity contribution in [1.29, 1.82) is 5.26 Å². The predicted octanol–water partition coefficient (Wildman–Crippen LogP) is 4.82. The van der Waals surface area contributed by atoms with E-state index in [9.17, 15) is 13.2 Å². The fourth-order valence-electron chi connectivity index (χ4n) is 2.30. The molecular weight excluding hydrogens is 317 g/mol. The van der Waals surface area contributed by atoms with Gasteiger partial charge in [0, 0.05) is 12.0 Å². The van der Waals surface area contributed by atoms with Gasteiger partial charge in [0.25, 0.3) is 0 Å². The highest BCUT2D eigenvalue weighted by atomic mass is 19.4. The minimum atomic E-state index is -4.38. The lowest BCUT2D eigenvalue weighted by atomic mass is 10.1. The third kappa shape index (κ3) is 3.46. The highest BCUT2D eigenvalue weighted by Crippen LogP contribution is 2.30. The third-order valence-electron chi connectivity index (χ3n) is 3.44. The van der Waals surface area contributed by atoms with Crippen LogP contribution >= 0.6 is 0 Å². The lowest BCUT2D eigenvalue weighted by Gasteiger charge is -2.07. The largest absolute Gasteiger partial charge is 0.440 e. The van der Waals surface area contributed by atoms with Crippen LogP contribution in [0.4, 0.5) is 13.2 Å². The van der Waals surface area contributed by atoms with Crippen LogP contribution in [0.1, 0.15) is 22.6 Å². The van der Waals surface area contributed by atoms with Crippen molar-refractivity contribution < 1.29 is 17.6 Å². The summed E-state index contributed by atoms with van der Waals surface area (Å²) in [4.78, 5) is 4.10.